The summed E-state index contributed by atoms with van der Waals surface area (Å²) < 4.78 is 5.63. The third kappa shape index (κ3) is 3.18. The summed E-state index contributed by atoms with van der Waals surface area (Å²) in [5.41, 5.74) is -0.165. The topological polar surface area (TPSA) is 61.8 Å². The number of rotatable bonds is 4. The minimum absolute atomic E-state index is 0.0521. The Morgan fingerprint density at radius 3 is 2.94 bits per heavy atom. The van der Waals surface area contributed by atoms with Crippen LogP contribution in [0.5, 0.6) is 0 Å². The highest BCUT2D eigenvalue weighted by Gasteiger charge is 2.34. The van der Waals surface area contributed by atoms with E-state index in [1.807, 2.05) is 11.8 Å². The molecular formula is C12H22N2O3. The lowest BCUT2D eigenvalue weighted by molar-refractivity contribution is -0.147. The summed E-state index contributed by atoms with van der Waals surface area (Å²) in [7, 11) is 0. The first-order chi connectivity index (χ1) is 8.13. The molecule has 17 heavy (non-hydrogen) atoms. The van der Waals surface area contributed by atoms with Gasteiger partial charge in [0.05, 0.1) is 5.60 Å². The predicted molar refractivity (Wildman–Crippen MR) is 63.6 cm³/mol. The number of likely N-dealkylation sites (tertiary alicyclic amines) is 1. The standard InChI is InChI=1S/C12H22N2O3/c1-12(8-13-9-12)17-7-11(16)14-4-2-3-10(5-14)6-15/h10,13,15H,2-9H2,1H3. The van der Waals surface area contributed by atoms with Crippen molar-refractivity contribution in [2.75, 3.05) is 39.4 Å². The molecule has 5 nitrogen and oxygen atoms in total. The average molecular weight is 242 g/mol. The van der Waals surface area contributed by atoms with Gasteiger partial charge in [0.1, 0.15) is 6.61 Å². The molecule has 0 spiro atoms. The Morgan fingerprint density at radius 2 is 2.35 bits per heavy atom. The number of aliphatic hydroxyl groups excluding tert-OH is 1. The fourth-order valence-electron chi connectivity index (χ4n) is 2.35. The number of piperidine rings is 1. The number of carbonyl (C=O) groups excluding carboxylic acids is 1. The Balaban J connectivity index is 1.75. The van der Waals surface area contributed by atoms with Crippen LogP contribution in [0.1, 0.15) is 19.8 Å². The first-order valence-electron chi connectivity index (χ1n) is 6.36. The van der Waals surface area contributed by atoms with Crippen LogP contribution >= 0.6 is 0 Å². The number of carbonyl (C=O) groups is 1. The molecule has 0 aromatic heterocycles. The predicted octanol–water partition coefficient (Wildman–Crippen LogP) is -0.404. The lowest BCUT2D eigenvalue weighted by atomic mass is 9.99. The van der Waals surface area contributed by atoms with E-state index in [1.54, 1.807) is 0 Å². The van der Waals surface area contributed by atoms with E-state index >= 15 is 0 Å². The van der Waals surface area contributed by atoms with Gasteiger partial charge in [-0.1, -0.05) is 0 Å². The lowest BCUT2D eigenvalue weighted by Crippen LogP contribution is -2.60. The molecule has 2 saturated heterocycles. The molecule has 2 aliphatic rings. The molecule has 1 atom stereocenters. The molecule has 0 bridgehead atoms. The van der Waals surface area contributed by atoms with Gasteiger partial charge in [-0.2, -0.15) is 0 Å². The molecule has 5 heteroatoms. The number of nitrogens with zero attached hydrogens (tertiary/aromatic N) is 1. The summed E-state index contributed by atoms with van der Waals surface area (Å²) in [5.74, 6) is 0.296. The minimum atomic E-state index is -0.165. The number of hydrogen-bond donors (Lipinski definition) is 2. The normalized spacial score (nSPS) is 27.6. The van der Waals surface area contributed by atoms with Crippen LogP contribution in [0, 0.1) is 5.92 Å². The third-order valence-electron chi connectivity index (χ3n) is 3.67. The van der Waals surface area contributed by atoms with E-state index in [9.17, 15) is 4.79 Å². The van der Waals surface area contributed by atoms with Gasteiger partial charge < -0.3 is 20.1 Å². The molecule has 0 radical (unpaired) electrons. The van der Waals surface area contributed by atoms with E-state index in [2.05, 4.69) is 5.32 Å². The first kappa shape index (κ1) is 12.8. The molecule has 98 valence electrons. The van der Waals surface area contributed by atoms with Crippen LogP contribution in [0.15, 0.2) is 0 Å². The molecular weight excluding hydrogens is 220 g/mol. The number of amides is 1. The zero-order valence-electron chi connectivity index (χ0n) is 10.4. The van der Waals surface area contributed by atoms with Crippen LogP contribution in [-0.2, 0) is 9.53 Å². The molecule has 0 aromatic rings. The van der Waals surface area contributed by atoms with Gasteiger partial charge in [0, 0.05) is 32.8 Å². The smallest absolute Gasteiger partial charge is 0.248 e. The monoisotopic (exact) mass is 242 g/mol. The first-order valence-corrected chi connectivity index (χ1v) is 6.36. The fourth-order valence-corrected chi connectivity index (χ4v) is 2.35. The zero-order chi connectivity index (χ0) is 12.3. The number of aliphatic hydroxyl groups is 1. The van der Waals surface area contributed by atoms with E-state index in [0.717, 1.165) is 32.5 Å². The molecule has 1 amide bonds. The number of ether oxygens (including phenoxy) is 1. The van der Waals surface area contributed by atoms with Crippen molar-refractivity contribution in [2.45, 2.75) is 25.4 Å². The van der Waals surface area contributed by atoms with Crippen LogP contribution in [0.4, 0.5) is 0 Å². The van der Waals surface area contributed by atoms with Crippen molar-refractivity contribution < 1.29 is 14.6 Å². The molecule has 0 saturated carbocycles. The maximum absolute atomic E-state index is 11.9. The number of nitrogens with one attached hydrogen (secondary N) is 1. The second-order valence-electron chi connectivity index (χ2n) is 5.37. The van der Waals surface area contributed by atoms with Gasteiger partial charge >= 0.3 is 0 Å². The molecule has 0 aromatic carbocycles. The summed E-state index contributed by atoms with van der Waals surface area (Å²) in [6.07, 6.45) is 2.00. The summed E-state index contributed by atoms with van der Waals surface area (Å²) in [4.78, 5) is 13.8. The van der Waals surface area contributed by atoms with Crippen molar-refractivity contribution in [3.63, 3.8) is 0 Å². The minimum Gasteiger partial charge on any atom is -0.396 e. The largest absolute Gasteiger partial charge is 0.396 e. The van der Waals surface area contributed by atoms with Crippen molar-refractivity contribution in [1.29, 1.82) is 0 Å². The Kier molecular flexibility index (Phi) is 4.01. The zero-order valence-corrected chi connectivity index (χ0v) is 10.4. The van der Waals surface area contributed by atoms with Gasteiger partial charge in [0.2, 0.25) is 5.91 Å². The van der Waals surface area contributed by atoms with Gasteiger partial charge in [-0.25, -0.2) is 0 Å². The second-order valence-corrected chi connectivity index (χ2v) is 5.37. The summed E-state index contributed by atoms with van der Waals surface area (Å²) >= 11 is 0. The maximum atomic E-state index is 11.9. The Bertz CT molecular complexity index is 279. The SMILES string of the molecule is CC1(OCC(=O)N2CCCC(CO)C2)CNC1. The highest BCUT2D eigenvalue weighted by Crippen LogP contribution is 2.18. The van der Waals surface area contributed by atoms with E-state index in [-0.39, 0.29) is 30.6 Å². The molecule has 2 rings (SSSR count). The average Bonchev–Trinajstić information content (AvgIpc) is 2.33. The third-order valence-corrected chi connectivity index (χ3v) is 3.67. The second kappa shape index (κ2) is 5.33. The van der Waals surface area contributed by atoms with E-state index in [1.165, 1.54) is 0 Å². The highest BCUT2D eigenvalue weighted by atomic mass is 16.5. The number of hydrogen-bond acceptors (Lipinski definition) is 4. The van der Waals surface area contributed by atoms with Gasteiger partial charge in [-0.15, -0.1) is 0 Å². The summed E-state index contributed by atoms with van der Waals surface area (Å²) in [6, 6.07) is 0. The highest BCUT2D eigenvalue weighted by molar-refractivity contribution is 5.77. The molecule has 2 heterocycles. The van der Waals surface area contributed by atoms with Crippen molar-refractivity contribution in [3.8, 4) is 0 Å². The van der Waals surface area contributed by atoms with Crippen LogP contribution in [0.3, 0.4) is 0 Å². The van der Waals surface area contributed by atoms with Crippen LogP contribution in [0.25, 0.3) is 0 Å². The Hall–Kier alpha value is -0.650. The van der Waals surface area contributed by atoms with Crippen LogP contribution < -0.4 is 5.32 Å². The molecule has 2 aliphatic heterocycles. The van der Waals surface area contributed by atoms with E-state index in [4.69, 9.17) is 9.84 Å². The fraction of sp³-hybridized carbons (Fsp3) is 0.917. The van der Waals surface area contributed by atoms with E-state index in [0.29, 0.717) is 6.54 Å². The van der Waals surface area contributed by atoms with Crippen molar-refractivity contribution in [1.82, 2.24) is 10.2 Å². The molecule has 2 N–H and O–H groups in total. The van der Waals surface area contributed by atoms with Gasteiger partial charge in [-0.05, 0) is 25.7 Å². The van der Waals surface area contributed by atoms with Crippen molar-refractivity contribution in [3.05, 3.63) is 0 Å². The van der Waals surface area contributed by atoms with Crippen LogP contribution in [0.2, 0.25) is 0 Å². The lowest BCUT2D eigenvalue weighted by Gasteiger charge is -2.39. The summed E-state index contributed by atoms with van der Waals surface area (Å²) in [5, 5.41) is 12.3. The van der Waals surface area contributed by atoms with Gasteiger partial charge in [0.25, 0.3) is 0 Å². The molecule has 1 unspecified atom stereocenters. The van der Waals surface area contributed by atoms with Crippen molar-refractivity contribution in [2.24, 2.45) is 5.92 Å². The Labute approximate surface area is 102 Å². The van der Waals surface area contributed by atoms with E-state index < -0.39 is 0 Å². The molecule has 2 fully saturated rings. The van der Waals surface area contributed by atoms with Crippen LogP contribution in [-0.4, -0.2) is 60.9 Å². The maximum Gasteiger partial charge on any atom is 0.248 e. The Morgan fingerprint density at radius 1 is 1.59 bits per heavy atom. The quantitative estimate of drug-likeness (QED) is 0.704. The van der Waals surface area contributed by atoms with Gasteiger partial charge in [0.15, 0.2) is 0 Å². The van der Waals surface area contributed by atoms with Crippen molar-refractivity contribution >= 4 is 5.91 Å². The van der Waals surface area contributed by atoms with Gasteiger partial charge in [-0.3, -0.25) is 4.79 Å². The molecule has 0 aliphatic carbocycles. The summed E-state index contributed by atoms with van der Waals surface area (Å²) in [6.45, 7) is 5.46.